The Labute approximate surface area is 154 Å². The van der Waals surface area contributed by atoms with Gasteiger partial charge in [-0.15, -0.1) is 0 Å². The van der Waals surface area contributed by atoms with Crippen LogP contribution in [0.3, 0.4) is 0 Å². The number of hydrogen-bond acceptors (Lipinski definition) is 3. The van der Waals surface area contributed by atoms with E-state index in [1.54, 1.807) is 7.11 Å². The molecule has 0 aliphatic carbocycles. The molecular formula is C21H24N2O3. The van der Waals surface area contributed by atoms with Crippen LogP contribution in [-0.4, -0.2) is 30.4 Å². The van der Waals surface area contributed by atoms with E-state index in [1.165, 1.54) is 0 Å². The van der Waals surface area contributed by atoms with Gasteiger partial charge in [0.05, 0.1) is 13.0 Å². The third-order valence-electron chi connectivity index (χ3n) is 4.65. The van der Waals surface area contributed by atoms with Crippen LogP contribution < -0.4 is 10.1 Å². The minimum Gasteiger partial charge on any atom is -0.496 e. The minimum absolute atomic E-state index is 0.00392. The second kappa shape index (κ2) is 8.04. The van der Waals surface area contributed by atoms with Gasteiger partial charge < -0.3 is 15.0 Å². The van der Waals surface area contributed by atoms with Crippen molar-refractivity contribution in [2.75, 3.05) is 13.7 Å². The fourth-order valence-electron chi connectivity index (χ4n) is 3.32. The number of methoxy groups -OCH3 is 1. The minimum atomic E-state index is -0.304. The van der Waals surface area contributed by atoms with Crippen LogP contribution in [0.4, 0.5) is 0 Å². The lowest BCUT2D eigenvalue weighted by Gasteiger charge is -2.26. The zero-order valence-corrected chi connectivity index (χ0v) is 15.2. The van der Waals surface area contributed by atoms with Crippen molar-refractivity contribution in [3.63, 3.8) is 0 Å². The number of aryl methyl sites for hydroxylation is 1. The van der Waals surface area contributed by atoms with Gasteiger partial charge in [0.15, 0.2) is 0 Å². The molecule has 2 aromatic carbocycles. The number of carbonyl (C=O) groups is 2. The lowest BCUT2D eigenvalue weighted by atomic mass is 10.0. The molecule has 2 aromatic rings. The van der Waals surface area contributed by atoms with Crippen LogP contribution in [0, 0.1) is 12.8 Å². The van der Waals surface area contributed by atoms with Crippen molar-refractivity contribution in [1.82, 2.24) is 10.2 Å². The Morgan fingerprint density at radius 2 is 2.00 bits per heavy atom. The number of benzene rings is 2. The van der Waals surface area contributed by atoms with Crippen molar-refractivity contribution >= 4 is 11.8 Å². The van der Waals surface area contributed by atoms with E-state index in [4.69, 9.17) is 4.74 Å². The second-order valence-corrected chi connectivity index (χ2v) is 6.70. The van der Waals surface area contributed by atoms with Gasteiger partial charge in [-0.2, -0.15) is 0 Å². The Kier molecular flexibility index (Phi) is 5.56. The molecule has 26 heavy (non-hydrogen) atoms. The number of nitrogens with one attached hydrogen (secondary N) is 1. The maximum Gasteiger partial charge on any atom is 0.228 e. The Morgan fingerprint density at radius 1 is 1.19 bits per heavy atom. The molecule has 1 saturated heterocycles. The number of para-hydroxylation sites is 1. The Bertz CT molecular complexity index is 803. The zero-order chi connectivity index (χ0) is 18.5. The van der Waals surface area contributed by atoms with E-state index >= 15 is 0 Å². The first kappa shape index (κ1) is 18.0. The van der Waals surface area contributed by atoms with Crippen LogP contribution in [0.1, 0.15) is 23.1 Å². The average Bonchev–Trinajstić information content (AvgIpc) is 3.07. The molecule has 5 heteroatoms. The summed E-state index contributed by atoms with van der Waals surface area (Å²) in [6.07, 6.45) is 0.259. The summed E-state index contributed by atoms with van der Waals surface area (Å²) in [6.45, 7) is 3.40. The molecule has 1 aliphatic rings. The smallest absolute Gasteiger partial charge is 0.228 e. The summed E-state index contributed by atoms with van der Waals surface area (Å²) in [5.74, 6) is 0.393. The molecule has 0 bridgehead atoms. The Morgan fingerprint density at radius 3 is 2.69 bits per heavy atom. The molecule has 1 N–H and O–H groups in total. The number of carbonyl (C=O) groups excluding carboxylic acids is 2. The van der Waals surface area contributed by atoms with Crippen LogP contribution in [0.5, 0.6) is 5.75 Å². The van der Waals surface area contributed by atoms with Gasteiger partial charge in [0.2, 0.25) is 11.8 Å². The van der Waals surface area contributed by atoms with Gasteiger partial charge in [-0.25, -0.2) is 0 Å². The highest BCUT2D eigenvalue weighted by Crippen LogP contribution is 2.23. The number of rotatable bonds is 6. The van der Waals surface area contributed by atoms with E-state index < -0.39 is 0 Å². The number of nitrogens with zero attached hydrogens (tertiary/aromatic N) is 1. The predicted octanol–water partition coefficient (Wildman–Crippen LogP) is 2.67. The van der Waals surface area contributed by atoms with Crippen LogP contribution in [-0.2, 0) is 22.7 Å². The van der Waals surface area contributed by atoms with Gasteiger partial charge in [-0.1, -0.05) is 48.0 Å². The summed E-state index contributed by atoms with van der Waals surface area (Å²) in [7, 11) is 1.63. The number of ether oxygens (including phenoxy) is 1. The highest BCUT2D eigenvalue weighted by Gasteiger charge is 2.31. The van der Waals surface area contributed by atoms with Crippen molar-refractivity contribution in [3.8, 4) is 5.75 Å². The maximum atomic E-state index is 13.1. The van der Waals surface area contributed by atoms with Crippen LogP contribution in [0.2, 0.25) is 0 Å². The molecule has 0 saturated carbocycles. The molecule has 1 heterocycles. The van der Waals surface area contributed by atoms with E-state index in [0.717, 1.165) is 22.4 Å². The van der Waals surface area contributed by atoms with Crippen molar-refractivity contribution in [2.24, 2.45) is 5.92 Å². The van der Waals surface area contributed by atoms with Crippen LogP contribution in [0.25, 0.3) is 0 Å². The van der Waals surface area contributed by atoms with Gasteiger partial charge in [0.1, 0.15) is 5.75 Å². The van der Waals surface area contributed by atoms with Crippen LogP contribution in [0.15, 0.2) is 48.5 Å². The number of hydrogen-bond donors (Lipinski definition) is 1. The van der Waals surface area contributed by atoms with Gasteiger partial charge in [0.25, 0.3) is 0 Å². The highest BCUT2D eigenvalue weighted by atomic mass is 16.5. The molecule has 5 nitrogen and oxygen atoms in total. The van der Waals surface area contributed by atoms with Crippen molar-refractivity contribution in [1.29, 1.82) is 0 Å². The molecule has 3 rings (SSSR count). The van der Waals surface area contributed by atoms with Gasteiger partial charge in [-0.05, 0) is 18.6 Å². The summed E-state index contributed by atoms with van der Waals surface area (Å²) < 4.78 is 5.43. The summed E-state index contributed by atoms with van der Waals surface area (Å²) >= 11 is 0. The summed E-state index contributed by atoms with van der Waals surface area (Å²) in [6, 6.07) is 15.8. The molecule has 1 aliphatic heterocycles. The molecule has 0 aromatic heterocycles. The van der Waals surface area contributed by atoms with Gasteiger partial charge >= 0.3 is 0 Å². The van der Waals surface area contributed by atoms with E-state index in [2.05, 4.69) is 11.4 Å². The fraction of sp³-hybridized carbons (Fsp3) is 0.333. The third-order valence-corrected chi connectivity index (χ3v) is 4.65. The second-order valence-electron chi connectivity index (χ2n) is 6.70. The lowest BCUT2D eigenvalue weighted by Crippen LogP contribution is -2.36. The standard InChI is InChI=1S/C21H24N2O3/c1-15-6-5-7-16(10-15)13-23(21(25)18-11-20(24)22-12-18)14-17-8-3-4-9-19(17)26-2/h3-10,18H,11-14H2,1-2H3,(H,22,24)/t18-/m0/s1. The summed E-state index contributed by atoms with van der Waals surface area (Å²) in [5, 5.41) is 2.75. The number of amides is 2. The molecule has 1 fully saturated rings. The molecular weight excluding hydrogens is 328 g/mol. The molecule has 0 spiro atoms. The van der Waals surface area contributed by atoms with Crippen molar-refractivity contribution in [2.45, 2.75) is 26.4 Å². The topological polar surface area (TPSA) is 58.6 Å². The SMILES string of the molecule is COc1ccccc1CN(Cc1cccc(C)c1)C(=O)[C@@H]1CNC(=O)C1. The molecule has 0 radical (unpaired) electrons. The fourth-order valence-corrected chi connectivity index (χ4v) is 3.32. The summed E-state index contributed by atoms with van der Waals surface area (Å²) in [4.78, 5) is 26.4. The maximum absolute atomic E-state index is 13.1. The predicted molar refractivity (Wildman–Crippen MR) is 99.5 cm³/mol. The Balaban J connectivity index is 1.85. The third kappa shape index (κ3) is 4.23. The van der Waals surface area contributed by atoms with Gasteiger partial charge in [-0.3, -0.25) is 9.59 Å². The van der Waals surface area contributed by atoms with E-state index in [-0.39, 0.29) is 24.2 Å². The highest BCUT2D eigenvalue weighted by molar-refractivity contribution is 5.89. The monoisotopic (exact) mass is 352 g/mol. The molecule has 0 unspecified atom stereocenters. The molecule has 2 amide bonds. The van der Waals surface area contributed by atoms with E-state index in [0.29, 0.717) is 19.6 Å². The summed E-state index contributed by atoms with van der Waals surface area (Å²) in [5.41, 5.74) is 3.18. The lowest BCUT2D eigenvalue weighted by molar-refractivity contribution is -0.137. The van der Waals surface area contributed by atoms with Crippen molar-refractivity contribution in [3.05, 3.63) is 65.2 Å². The molecule has 1 atom stereocenters. The quantitative estimate of drug-likeness (QED) is 0.870. The first-order valence-corrected chi connectivity index (χ1v) is 8.79. The van der Waals surface area contributed by atoms with E-state index in [9.17, 15) is 9.59 Å². The first-order valence-electron chi connectivity index (χ1n) is 8.79. The van der Waals surface area contributed by atoms with E-state index in [1.807, 2.05) is 54.3 Å². The van der Waals surface area contributed by atoms with Crippen LogP contribution >= 0.6 is 0 Å². The molecule has 136 valence electrons. The van der Waals surface area contributed by atoms with Gasteiger partial charge in [0, 0.05) is 31.6 Å². The normalized spacial score (nSPS) is 16.2. The van der Waals surface area contributed by atoms with Crippen molar-refractivity contribution < 1.29 is 14.3 Å². The first-order chi connectivity index (χ1) is 12.6. The zero-order valence-electron chi connectivity index (χ0n) is 15.2. The Hall–Kier alpha value is -2.82. The largest absolute Gasteiger partial charge is 0.496 e. The average molecular weight is 352 g/mol.